The number of fused-ring (bicyclic) bond motifs is 1. The Labute approximate surface area is 154 Å². The van der Waals surface area contributed by atoms with E-state index in [9.17, 15) is 0 Å². The highest BCUT2D eigenvalue weighted by atomic mass is 15.4. The number of pyridine rings is 2. The van der Waals surface area contributed by atoms with Gasteiger partial charge in [-0.15, -0.1) is 5.10 Å². The summed E-state index contributed by atoms with van der Waals surface area (Å²) in [7, 11) is 1.90. The first kappa shape index (κ1) is 15.4. The fourth-order valence-corrected chi connectivity index (χ4v) is 3.24. The van der Waals surface area contributed by atoms with Crippen LogP contribution in [0.2, 0.25) is 0 Å². The zero-order valence-corrected chi connectivity index (χ0v) is 14.8. The van der Waals surface area contributed by atoms with Crippen LogP contribution in [-0.4, -0.2) is 39.7 Å². The summed E-state index contributed by atoms with van der Waals surface area (Å²) < 4.78 is 3.59. The molecular formula is C19H16N8. The minimum absolute atomic E-state index is 0.815. The molecular weight excluding hydrogens is 340 g/mol. The molecule has 0 bridgehead atoms. The van der Waals surface area contributed by atoms with Crippen LogP contribution in [0.25, 0.3) is 39.1 Å². The molecule has 0 radical (unpaired) electrons. The lowest BCUT2D eigenvalue weighted by Gasteiger charge is -2.03. The van der Waals surface area contributed by atoms with Gasteiger partial charge in [-0.2, -0.15) is 5.10 Å². The molecule has 0 aliphatic rings. The molecule has 0 atom stereocenters. The van der Waals surface area contributed by atoms with E-state index in [2.05, 4.69) is 36.4 Å². The first-order valence-corrected chi connectivity index (χ1v) is 8.50. The average Bonchev–Trinajstić information content (AvgIpc) is 3.40. The topological polar surface area (TPSA) is 90.1 Å². The maximum atomic E-state index is 4.55. The molecule has 0 aliphatic heterocycles. The van der Waals surface area contributed by atoms with Gasteiger partial charge in [-0.05, 0) is 25.1 Å². The molecule has 0 saturated carbocycles. The molecule has 8 heteroatoms. The highest BCUT2D eigenvalue weighted by molar-refractivity contribution is 5.95. The highest BCUT2D eigenvalue weighted by Gasteiger charge is 2.17. The first-order valence-electron chi connectivity index (χ1n) is 8.50. The zero-order chi connectivity index (χ0) is 18.4. The lowest BCUT2D eigenvalue weighted by atomic mass is 10.1. The van der Waals surface area contributed by atoms with Gasteiger partial charge in [-0.25, -0.2) is 9.67 Å². The van der Waals surface area contributed by atoms with Crippen LogP contribution in [-0.2, 0) is 7.05 Å². The second-order valence-corrected chi connectivity index (χ2v) is 6.37. The summed E-state index contributed by atoms with van der Waals surface area (Å²) in [5, 5.41) is 14.0. The van der Waals surface area contributed by atoms with Crippen LogP contribution in [0.3, 0.4) is 0 Å². The van der Waals surface area contributed by atoms with E-state index < -0.39 is 0 Å². The van der Waals surface area contributed by atoms with Gasteiger partial charge in [0.2, 0.25) is 0 Å². The van der Waals surface area contributed by atoms with Crippen LogP contribution < -0.4 is 0 Å². The molecule has 27 heavy (non-hydrogen) atoms. The largest absolute Gasteiger partial charge is 0.345 e. The Morgan fingerprint density at radius 2 is 1.93 bits per heavy atom. The Morgan fingerprint density at radius 1 is 1.07 bits per heavy atom. The van der Waals surface area contributed by atoms with Gasteiger partial charge in [-0.3, -0.25) is 9.67 Å². The predicted octanol–water partition coefficient (Wildman–Crippen LogP) is 2.91. The SMILES string of the molecule is Cc1c(-c2c[nH]c3ncc(-c4cnn(C)c4)cc23)nnn1-c1ccncc1. The van der Waals surface area contributed by atoms with Gasteiger partial charge in [-0.1, -0.05) is 5.21 Å². The molecule has 0 amide bonds. The molecule has 0 aromatic carbocycles. The van der Waals surface area contributed by atoms with Crippen LogP contribution in [0.4, 0.5) is 0 Å². The number of hydrogen-bond donors (Lipinski definition) is 1. The van der Waals surface area contributed by atoms with E-state index in [1.807, 2.05) is 55.6 Å². The summed E-state index contributed by atoms with van der Waals surface area (Å²) in [4.78, 5) is 11.8. The van der Waals surface area contributed by atoms with E-state index in [4.69, 9.17) is 0 Å². The van der Waals surface area contributed by atoms with E-state index in [1.165, 1.54) is 0 Å². The van der Waals surface area contributed by atoms with Gasteiger partial charge < -0.3 is 4.98 Å². The number of nitrogens with zero attached hydrogens (tertiary/aromatic N) is 7. The minimum atomic E-state index is 0.815. The van der Waals surface area contributed by atoms with E-state index in [0.717, 1.165) is 44.8 Å². The molecule has 0 aliphatic carbocycles. The maximum Gasteiger partial charge on any atom is 0.137 e. The molecule has 5 aromatic heterocycles. The highest BCUT2D eigenvalue weighted by Crippen LogP contribution is 2.31. The Bertz CT molecular complexity index is 1250. The van der Waals surface area contributed by atoms with Crippen molar-refractivity contribution in [1.29, 1.82) is 0 Å². The summed E-state index contributed by atoms with van der Waals surface area (Å²) in [6.45, 7) is 2.01. The lowest BCUT2D eigenvalue weighted by molar-refractivity contribution is 0.768. The van der Waals surface area contributed by atoms with Crippen molar-refractivity contribution >= 4 is 11.0 Å². The summed E-state index contributed by atoms with van der Waals surface area (Å²) in [5.74, 6) is 0. The van der Waals surface area contributed by atoms with Gasteiger partial charge in [0, 0.05) is 60.1 Å². The third kappa shape index (κ3) is 2.50. The summed E-state index contributed by atoms with van der Waals surface area (Å²) in [5.41, 5.74) is 6.52. The number of aromatic nitrogens is 8. The van der Waals surface area contributed by atoms with Crippen molar-refractivity contribution in [3.63, 3.8) is 0 Å². The van der Waals surface area contributed by atoms with Crippen LogP contribution in [0, 0.1) is 6.92 Å². The molecule has 5 heterocycles. The minimum Gasteiger partial charge on any atom is -0.345 e. The molecule has 5 rings (SSSR count). The fraction of sp³-hybridized carbons (Fsp3) is 0.105. The van der Waals surface area contributed by atoms with Gasteiger partial charge in [0.15, 0.2) is 0 Å². The average molecular weight is 356 g/mol. The second kappa shape index (κ2) is 5.87. The van der Waals surface area contributed by atoms with Gasteiger partial charge >= 0.3 is 0 Å². The van der Waals surface area contributed by atoms with Crippen LogP contribution >= 0.6 is 0 Å². The third-order valence-corrected chi connectivity index (χ3v) is 4.63. The second-order valence-electron chi connectivity index (χ2n) is 6.37. The van der Waals surface area contributed by atoms with E-state index in [1.54, 1.807) is 17.1 Å². The monoisotopic (exact) mass is 356 g/mol. The fourth-order valence-electron chi connectivity index (χ4n) is 3.24. The van der Waals surface area contributed by atoms with Gasteiger partial charge in [0.1, 0.15) is 11.3 Å². The quantitative estimate of drug-likeness (QED) is 0.537. The number of nitrogens with one attached hydrogen (secondary N) is 1. The Morgan fingerprint density at radius 3 is 2.70 bits per heavy atom. The van der Waals surface area contributed by atoms with Crippen LogP contribution in [0.15, 0.2) is 55.4 Å². The molecule has 0 unspecified atom stereocenters. The van der Waals surface area contributed by atoms with Crippen molar-refractivity contribution in [3.8, 4) is 28.1 Å². The van der Waals surface area contributed by atoms with Crippen LogP contribution in [0.1, 0.15) is 5.69 Å². The molecule has 1 N–H and O–H groups in total. The van der Waals surface area contributed by atoms with Crippen molar-refractivity contribution < 1.29 is 0 Å². The Hall–Kier alpha value is -3.81. The number of aryl methyl sites for hydroxylation is 1. The first-order chi connectivity index (χ1) is 13.2. The summed E-state index contributed by atoms with van der Waals surface area (Å²) in [6, 6.07) is 5.92. The Balaban J connectivity index is 1.64. The zero-order valence-electron chi connectivity index (χ0n) is 14.8. The smallest absolute Gasteiger partial charge is 0.137 e. The van der Waals surface area contributed by atoms with Crippen LogP contribution in [0.5, 0.6) is 0 Å². The number of hydrogen-bond acceptors (Lipinski definition) is 5. The van der Waals surface area contributed by atoms with Crippen molar-refractivity contribution in [2.45, 2.75) is 6.92 Å². The van der Waals surface area contributed by atoms with E-state index in [0.29, 0.717) is 0 Å². The summed E-state index contributed by atoms with van der Waals surface area (Å²) >= 11 is 0. The van der Waals surface area contributed by atoms with Crippen molar-refractivity contribution in [2.24, 2.45) is 7.05 Å². The summed E-state index contributed by atoms with van der Waals surface area (Å²) in [6.07, 6.45) is 11.1. The lowest BCUT2D eigenvalue weighted by Crippen LogP contribution is -1.98. The number of rotatable bonds is 3. The number of aromatic amines is 1. The number of H-pyrrole nitrogens is 1. The molecule has 0 fully saturated rings. The van der Waals surface area contributed by atoms with Crippen molar-refractivity contribution in [2.75, 3.05) is 0 Å². The van der Waals surface area contributed by atoms with Gasteiger partial charge in [0.05, 0.1) is 17.6 Å². The molecule has 132 valence electrons. The van der Waals surface area contributed by atoms with E-state index >= 15 is 0 Å². The molecule has 5 aromatic rings. The molecule has 0 spiro atoms. The van der Waals surface area contributed by atoms with Crippen molar-refractivity contribution in [1.82, 2.24) is 39.7 Å². The molecule has 0 saturated heterocycles. The van der Waals surface area contributed by atoms with Crippen molar-refractivity contribution in [3.05, 3.63) is 61.1 Å². The normalized spacial score (nSPS) is 11.3. The Kier molecular flexibility index (Phi) is 3.36. The van der Waals surface area contributed by atoms with Gasteiger partial charge in [0.25, 0.3) is 0 Å². The predicted molar refractivity (Wildman–Crippen MR) is 101 cm³/mol. The standard InChI is InChI=1S/C19H16N8/c1-12-18(24-25-27(12)15-3-5-20-6-4-15)17-10-22-19-16(17)7-13(8-21-19)14-9-23-26(2)11-14/h3-11H,1-2H3,(H,21,22). The molecule has 8 nitrogen and oxygen atoms in total. The van der Waals surface area contributed by atoms with E-state index in [-0.39, 0.29) is 0 Å². The third-order valence-electron chi connectivity index (χ3n) is 4.63. The maximum absolute atomic E-state index is 4.55.